The Morgan fingerprint density at radius 3 is 2.25 bits per heavy atom. The van der Waals surface area contributed by atoms with Crippen molar-refractivity contribution >= 4 is 11.1 Å². The minimum atomic E-state index is 0.257. The first-order chi connectivity index (χ1) is 13.7. The number of ether oxygens (including phenoxy) is 4. The first-order valence-electron chi connectivity index (χ1n) is 8.77. The molecule has 0 amide bonds. The van der Waals surface area contributed by atoms with E-state index in [-0.39, 0.29) is 6.79 Å². The van der Waals surface area contributed by atoms with Crippen molar-refractivity contribution in [2.24, 2.45) is 0 Å². The summed E-state index contributed by atoms with van der Waals surface area (Å²) < 4.78 is 27.5. The van der Waals surface area contributed by atoms with Crippen molar-refractivity contribution in [3.63, 3.8) is 0 Å². The first kappa shape index (κ1) is 16.5. The highest BCUT2D eigenvalue weighted by Gasteiger charge is 2.15. The molecular weight excluding hydrogens is 358 g/mol. The van der Waals surface area contributed by atoms with Crippen molar-refractivity contribution in [2.45, 2.75) is 0 Å². The monoisotopic (exact) mass is 375 g/mol. The molecule has 5 rings (SSSR count). The number of benzene rings is 3. The van der Waals surface area contributed by atoms with E-state index in [0.29, 0.717) is 23.0 Å². The van der Waals surface area contributed by atoms with Crippen molar-refractivity contribution in [2.75, 3.05) is 21.0 Å². The lowest BCUT2D eigenvalue weighted by Crippen LogP contribution is -1.92. The van der Waals surface area contributed by atoms with E-state index in [4.69, 9.17) is 23.4 Å². The number of methoxy groups -OCH3 is 2. The van der Waals surface area contributed by atoms with Gasteiger partial charge in [0.05, 0.1) is 14.2 Å². The van der Waals surface area contributed by atoms with Gasteiger partial charge in [0, 0.05) is 11.6 Å². The summed E-state index contributed by atoms with van der Waals surface area (Å²) in [5.41, 5.74) is 4.30. The van der Waals surface area contributed by atoms with Gasteiger partial charge in [0.25, 0.3) is 0 Å². The lowest BCUT2D eigenvalue weighted by Gasteiger charge is -2.05. The largest absolute Gasteiger partial charge is 0.497 e. The summed E-state index contributed by atoms with van der Waals surface area (Å²) in [6.07, 6.45) is 0. The molecule has 0 unspecified atom stereocenters. The number of hydrogen-bond acceptors (Lipinski definition) is 6. The molecule has 0 spiro atoms. The number of fused-ring (bicyclic) bond motifs is 2. The molecule has 4 aromatic rings. The number of hydrogen-bond donors (Lipinski definition) is 0. The van der Waals surface area contributed by atoms with E-state index in [1.54, 1.807) is 14.2 Å². The van der Waals surface area contributed by atoms with E-state index >= 15 is 0 Å². The Labute approximate surface area is 161 Å². The Bertz CT molecular complexity index is 1160. The zero-order valence-electron chi connectivity index (χ0n) is 15.4. The van der Waals surface area contributed by atoms with Crippen LogP contribution in [0, 0.1) is 0 Å². The van der Waals surface area contributed by atoms with E-state index in [0.717, 1.165) is 33.7 Å². The lowest BCUT2D eigenvalue weighted by molar-refractivity contribution is 0.174. The molecular formula is C22H17NO5. The molecule has 0 bridgehead atoms. The van der Waals surface area contributed by atoms with E-state index < -0.39 is 0 Å². The topological polar surface area (TPSA) is 63.0 Å². The number of oxazole rings is 1. The number of nitrogens with zero attached hydrogens (tertiary/aromatic N) is 1. The minimum Gasteiger partial charge on any atom is -0.497 e. The summed E-state index contributed by atoms with van der Waals surface area (Å²) in [5.74, 6) is 3.38. The van der Waals surface area contributed by atoms with Gasteiger partial charge in [0.1, 0.15) is 17.0 Å². The Hall–Kier alpha value is -3.67. The third-order valence-corrected chi connectivity index (χ3v) is 4.69. The molecule has 6 heteroatoms. The number of aromatic nitrogens is 1. The Morgan fingerprint density at radius 1 is 0.750 bits per heavy atom. The molecule has 0 radical (unpaired) electrons. The Kier molecular flexibility index (Phi) is 3.83. The summed E-state index contributed by atoms with van der Waals surface area (Å²) in [6, 6.07) is 17.4. The van der Waals surface area contributed by atoms with Crippen LogP contribution in [0.15, 0.2) is 59.0 Å². The first-order valence-corrected chi connectivity index (χ1v) is 8.77. The zero-order chi connectivity index (χ0) is 19.1. The molecule has 0 atom stereocenters. The van der Waals surface area contributed by atoms with Crippen LogP contribution < -0.4 is 18.9 Å². The predicted octanol–water partition coefficient (Wildman–Crippen LogP) is 4.91. The number of rotatable bonds is 4. The van der Waals surface area contributed by atoms with E-state index in [9.17, 15) is 0 Å². The summed E-state index contributed by atoms with van der Waals surface area (Å²) in [4.78, 5) is 4.60. The molecule has 6 nitrogen and oxygen atoms in total. The van der Waals surface area contributed by atoms with Crippen molar-refractivity contribution < 1.29 is 23.4 Å². The lowest BCUT2D eigenvalue weighted by atomic mass is 10.0. The molecule has 0 N–H and O–H groups in total. The highest BCUT2D eigenvalue weighted by Crippen LogP contribution is 2.37. The molecule has 140 valence electrons. The third kappa shape index (κ3) is 2.79. The fraction of sp³-hybridized carbons (Fsp3) is 0.136. The van der Waals surface area contributed by atoms with Crippen LogP contribution in [-0.4, -0.2) is 26.0 Å². The highest BCUT2D eigenvalue weighted by molar-refractivity contribution is 5.83. The smallest absolute Gasteiger partial charge is 0.231 e. The Morgan fingerprint density at radius 2 is 1.46 bits per heavy atom. The van der Waals surface area contributed by atoms with Gasteiger partial charge in [-0.25, -0.2) is 4.98 Å². The van der Waals surface area contributed by atoms with Gasteiger partial charge in [-0.2, -0.15) is 0 Å². The second-order valence-electron chi connectivity index (χ2n) is 6.37. The van der Waals surface area contributed by atoms with Gasteiger partial charge in [0.2, 0.25) is 12.7 Å². The normalized spacial score (nSPS) is 12.4. The maximum atomic E-state index is 6.03. The highest BCUT2D eigenvalue weighted by atomic mass is 16.7. The SMILES string of the molecule is COc1cc(OC)cc(-c2nc3ccc(-c4ccc5c(c4)OCO5)cc3o2)c1. The maximum Gasteiger partial charge on any atom is 0.231 e. The van der Waals surface area contributed by atoms with E-state index in [1.807, 2.05) is 54.6 Å². The van der Waals surface area contributed by atoms with E-state index in [2.05, 4.69) is 4.98 Å². The zero-order valence-corrected chi connectivity index (χ0v) is 15.4. The van der Waals surface area contributed by atoms with Crippen LogP contribution >= 0.6 is 0 Å². The predicted molar refractivity (Wildman–Crippen MR) is 104 cm³/mol. The fourth-order valence-corrected chi connectivity index (χ4v) is 3.23. The molecule has 2 heterocycles. The standard InChI is InChI=1S/C22H17NO5/c1-24-16-7-15(8-17(11-16)25-2)22-23-18-5-3-13(9-20(18)28-22)14-4-6-19-21(10-14)27-12-26-19/h3-11H,12H2,1-2H3. The van der Waals surface area contributed by atoms with Gasteiger partial charge in [-0.1, -0.05) is 12.1 Å². The van der Waals surface area contributed by atoms with Gasteiger partial charge in [-0.05, 0) is 47.5 Å². The average molecular weight is 375 g/mol. The van der Waals surface area contributed by atoms with Gasteiger partial charge < -0.3 is 23.4 Å². The summed E-state index contributed by atoms with van der Waals surface area (Å²) in [6.45, 7) is 0.257. The third-order valence-electron chi connectivity index (χ3n) is 4.69. The van der Waals surface area contributed by atoms with Crippen molar-refractivity contribution in [3.05, 3.63) is 54.6 Å². The second kappa shape index (κ2) is 6.49. The maximum absolute atomic E-state index is 6.03. The minimum absolute atomic E-state index is 0.257. The fourth-order valence-electron chi connectivity index (χ4n) is 3.23. The summed E-state index contributed by atoms with van der Waals surface area (Å²) >= 11 is 0. The Balaban J connectivity index is 1.56. The van der Waals surface area contributed by atoms with Crippen LogP contribution in [0.3, 0.4) is 0 Å². The van der Waals surface area contributed by atoms with Crippen LogP contribution in [-0.2, 0) is 0 Å². The van der Waals surface area contributed by atoms with Crippen LogP contribution in [0.1, 0.15) is 0 Å². The van der Waals surface area contributed by atoms with Gasteiger partial charge >= 0.3 is 0 Å². The average Bonchev–Trinajstić information content (AvgIpc) is 3.38. The molecule has 1 aliphatic rings. The van der Waals surface area contributed by atoms with Crippen LogP contribution in [0.5, 0.6) is 23.0 Å². The quantitative estimate of drug-likeness (QED) is 0.505. The molecule has 1 aromatic heterocycles. The molecule has 0 fully saturated rings. The molecule has 1 aliphatic heterocycles. The summed E-state index contributed by atoms with van der Waals surface area (Å²) in [7, 11) is 3.23. The summed E-state index contributed by atoms with van der Waals surface area (Å²) in [5, 5.41) is 0. The molecule has 28 heavy (non-hydrogen) atoms. The molecule has 0 aliphatic carbocycles. The van der Waals surface area contributed by atoms with Crippen LogP contribution in [0.2, 0.25) is 0 Å². The van der Waals surface area contributed by atoms with Gasteiger partial charge in [-0.15, -0.1) is 0 Å². The van der Waals surface area contributed by atoms with E-state index in [1.165, 1.54) is 0 Å². The van der Waals surface area contributed by atoms with Gasteiger partial charge in [0.15, 0.2) is 17.1 Å². The second-order valence-corrected chi connectivity index (χ2v) is 6.37. The van der Waals surface area contributed by atoms with Crippen LogP contribution in [0.25, 0.3) is 33.7 Å². The van der Waals surface area contributed by atoms with Gasteiger partial charge in [-0.3, -0.25) is 0 Å². The molecule has 3 aromatic carbocycles. The van der Waals surface area contributed by atoms with Crippen molar-refractivity contribution in [1.82, 2.24) is 4.98 Å². The van der Waals surface area contributed by atoms with Crippen molar-refractivity contribution in [1.29, 1.82) is 0 Å². The molecule has 0 saturated carbocycles. The van der Waals surface area contributed by atoms with Crippen molar-refractivity contribution in [3.8, 4) is 45.6 Å². The molecule has 0 saturated heterocycles. The van der Waals surface area contributed by atoms with Crippen LogP contribution in [0.4, 0.5) is 0 Å².